The molecule has 2 aromatic carbocycles. The van der Waals surface area contributed by atoms with Gasteiger partial charge in [-0.2, -0.15) is 0 Å². The molecule has 0 aromatic heterocycles. The van der Waals surface area contributed by atoms with E-state index in [0.29, 0.717) is 17.0 Å². The highest BCUT2D eigenvalue weighted by Gasteiger charge is 2.19. The minimum atomic E-state index is -3.67. The number of methoxy groups -OCH3 is 1. The number of ether oxygens (including phenoxy) is 1. The van der Waals surface area contributed by atoms with Crippen LogP contribution in [0.5, 0.6) is 5.75 Å². The lowest BCUT2D eigenvalue weighted by Crippen LogP contribution is -2.16. The van der Waals surface area contributed by atoms with Gasteiger partial charge in [-0.15, -0.1) is 0 Å². The molecule has 0 aliphatic rings. The third-order valence-corrected chi connectivity index (χ3v) is 5.75. The first-order valence-corrected chi connectivity index (χ1v) is 10.4. The first kappa shape index (κ1) is 21.1. The average molecular weight is 392 g/mol. The molecule has 2 N–H and O–H groups in total. The van der Waals surface area contributed by atoms with Gasteiger partial charge in [0.1, 0.15) is 5.75 Å². The molecule has 148 valence electrons. The predicted molar refractivity (Wildman–Crippen MR) is 111 cm³/mol. The maximum absolute atomic E-state index is 12.8. The summed E-state index contributed by atoms with van der Waals surface area (Å²) in [6.07, 6.45) is 1.04. The monoisotopic (exact) mass is 391 g/mol. The number of hydrogen-bond acceptors (Lipinski definition) is 5. The van der Waals surface area contributed by atoms with Crippen molar-refractivity contribution < 1.29 is 13.2 Å². The van der Waals surface area contributed by atoms with Crippen LogP contribution in [0.25, 0.3) is 0 Å². The number of sulfonamides is 1. The Morgan fingerprint density at radius 1 is 1.00 bits per heavy atom. The van der Waals surface area contributed by atoms with Gasteiger partial charge in [-0.25, -0.2) is 8.42 Å². The van der Waals surface area contributed by atoms with E-state index in [1.165, 1.54) is 0 Å². The Morgan fingerprint density at radius 2 is 1.63 bits per heavy atom. The van der Waals surface area contributed by atoms with Gasteiger partial charge in [-0.3, -0.25) is 4.72 Å². The van der Waals surface area contributed by atoms with Gasteiger partial charge in [0, 0.05) is 17.9 Å². The normalized spacial score (nSPS) is 11.5. The number of anilines is 2. The molecule has 0 saturated heterocycles. The van der Waals surface area contributed by atoms with Gasteiger partial charge in [-0.05, 0) is 88.4 Å². The lowest BCUT2D eigenvalue weighted by molar-refractivity contribution is 0.405. The number of nitrogens with one attached hydrogen (secondary N) is 2. The zero-order chi connectivity index (χ0) is 20.0. The standard InChI is InChI=1S/C20H29N3O3S/c1-15-14-20(16(2)13-19(15)26-5)27(24,25)22-18-9-7-17(8-10-18)21-11-6-12-23(3)4/h7-10,13-14,21-22H,6,11-12H2,1-5H3. The first-order chi connectivity index (χ1) is 12.7. The van der Waals surface area contributed by atoms with Crippen molar-refractivity contribution in [3.8, 4) is 5.75 Å². The van der Waals surface area contributed by atoms with Gasteiger partial charge in [0.2, 0.25) is 0 Å². The molecule has 0 fully saturated rings. The van der Waals surface area contributed by atoms with E-state index < -0.39 is 10.0 Å². The second-order valence-corrected chi connectivity index (χ2v) is 8.50. The molecule has 7 heteroatoms. The number of rotatable bonds is 9. The fourth-order valence-corrected chi connectivity index (χ4v) is 4.14. The van der Waals surface area contributed by atoms with Crippen molar-refractivity contribution in [1.82, 2.24) is 4.90 Å². The summed E-state index contributed by atoms with van der Waals surface area (Å²) in [4.78, 5) is 2.40. The molecule has 0 amide bonds. The van der Waals surface area contributed by atoms with E-state index in [0.717, 1.165) is 30.8 Å². The fourth-order valence-electron chi connectivity index (χ4n) is 2.77. The summed E-state index contributed by atoms with van der Waals surface area (Å²) in [5.41, 5.74) is 2.92. The quantitative estimate of drug-likeness (QED) is 0.641. The maximum atomic E-state index is 12.8. The Bertz CT molecular complexity index is 863. The van der Waals surface area contributed by atoms with Crippen LogP contribution in [0.15, 0.2) is 41.3 Å². The highest BCUT2D eigenvalue weighted by molar-refractivity contribution is 7.92. The van der Waals surface area contributed by atoms with E-state index >= 15 is 0 Å². The Kier molecular flexibility index (Phi) is 7.10. The summed E-state index contributed by atoms with van der Waals surface area (Å²) >= 11 is 0. The largest absolute Gasteiger partial charge is 0.496 e. The lowest BCUT2D eigenvalue weighted by Gasteiger charge is -2.14. The van der Waals surface area contributed by atoms with Crippen molar-refractivity contribution >= 4 is 21.4 Å². The van der Waals surface area contributed by atoms with E-state index in [1.54, 1.807) is 38.3 Å². The van der Waals surface area contributed by atoms with Crippen LogP contribution in [0.2, 0.25) is 0 Å². The van der Waals surface area contributed by atoms with E-state index in [4.69, 9.17) is 4.74 Å². The number of hydrogen-bond donors (Lipinski definition) is 2. The average Bonchev–Trinajstić information content (AvgIpc) is 2.61. The Labute approximate surface area is 162 Å². The van der Waals surface area contributed by atoms with Crippen molar-refractivity contribution in [2.24, 2.45) is 0 Å². The van der Waals surface area contributed by atoms with E-state index in [2.05, 4.69) is 14.9 Å². The van der Waals surface area contributed by atoms with Crippen molar-refractivity contribution in [2.75, 3.05) is 44.3 Å². The van der Waals surface area contributed by atoms with Crippen molar-refractivity contribution in [2.45, 2.75) is 25.2 Å². The Balaban J connectivity index is 2.06. The minimum absolute atomic E-state index is 0.256. The minimum Gasteiger partial charge on any atom is -0.496 e. The number of benzene rings is 2. The van der Waals surface area contributed by atoms with Crippen LogP contribution in [-0.2, 0) is 10.0 Å². The van der Waals surface area contributed by atoms with Crippen LogP contribution < -0.4 is 14.8 Å². The summed E-state index contributed by atoms with van der Waals surface area (Å²) in [5, 5.41) is 3.33. The van der Waals surface area contributed by atoms with E-state index in [-0.39, 0.29) is 4.90 Å². The van der Waals surface area contributed by atoms with Gasteiger partial charge in [0.15, 0.2) is 0 Å². The molecule has 0 aliphatic carbocycles. The molecule has 0 spiro atoms. The number of aryl methyl sites for hydroxylation is 2. The van der Waals surface area contributed by atoms with E-state index in [9.17, 15) is 8.42 Å². The zero-order valence-electron chi connectivity index (χ0n) is 16.7. The maximum Gasteiger partial charge on any atom is 0.262 e. The highest BCUT2D eigenvalue weighted by atomic mass is 32.2. The molecular formula is C20H29N3O3S. The van der Waals surface area contributed by atoms with Gasteiger partial charge < -0.3 is 15.0 Å². The molecule has 2 rings (SSSR count). The highest BCUT2D eigenvalue weighted by Crippen LogP contribution is 2.27. The van der Waals surface area contributed by atoms with Crippen LogP contribution in [0.1, 0.15) is 17.5 Å². The molecule has 2 aromatic rings. The molecular weight excluding hydrogens is 362 g/mol. The zero-order valence-corrected chi connectivity index (χ0v) is 17.5. The topological polar surface area (TPSA) is 70.7 Å². The molecule has 0 unspecified atom stereocenters. The Hall–Kier alpha value is -2.25. The third kappa shape index (κ3) is 5.87. The fraction of sp³-hybridized carbons (Fsp3) is 0.400. The number of nitrogens with zero attached hydrogens (tertiary/aromatic N) is 1. The summed E-state index contributed by atoms with van der Waals surface area (Å²) < 4.78 is 33.4. The second kappa shape index (κ2) is 9.10. The summed E-state index contributed by atoms with van der Waals surface area (Å²) in [5.74, 6) is 0.677. The molecule has 0 aliphatic heterocycles. The SMILES string of the molecule is COc1cc(C)c(S(=O)(=O)Nc2ccc(NCCCN(C)C)cc2)cc1C. The third-order valence-electron chi connectivity index (χ3n) is 4.23. The lowest BCUT2D eigenvalue weighted by atomic mass is 10.1. The molecule has 0 bridgehead atoms. The van der Waals surface area contributed by atoms with Crippen LogP contribution in [0.3, 0.4) is 0 Å². The van der Waals surface area contributed by atoms with Crippen molar-refractivity contribution in [3.63, 3.8) is 0 Å². The van der Waals surface area contributed by atoms with Crippen molar-refractivity contribution in [1.29, 1.82) is 0 Å². The first-order valence-electron chi connectivity index (χ1n) is 8.89. The molecule has 27 heavy (non-hydrogen) atoms. The predicted octanol–water partition coefficient (Wildman–Crippen LogP) is 3.48. The van der Waals surface area contributed by atoms with Gasteiger partial charge in [0.05, 0.1) is 12.0 Å². The van der Waals surface area contributed by atoms with Crippen LogP contribution in [-0.4, -0.2) is 47.6 Å². The van der Waals surface area contributed by atoms with Crippen LogP contribution >= 0.6 is 0 Å². The van der Waals surface area contributed by atoms with Crippen LogP contribution in [0, 0.1) is 13.8 Å². The molecule has 6 nitrogen and oxygen atoms in total. The smallest absolute Gasteiger partial charge is 0.262 e. The molecule has 0 radical (unpaired) electrons. The van der Waals surface area contributed by atoms with Gasteiger partial charge >= 0.3 is 0 Å². The van der Waals surface area contributed by atoms with E-state index in [1.807, 2.05) is 33.2 Å². The summed E-state index contributed by atoms with van der Waals surface area (Å²) in [6.45, 7) is 5.48. The summed E-state index contributed by atoms with van der Waals surface area (Å²) in [7, 11) is 2.00. The molecule has 0 atom stereocenters. The molecule has 0 heterocycles. The Morgan fingerprint density at radius 3 is 2.22 bits per heavy atom. The van der Waals surface area contributed by atoms with Gasteiger partial charge in [0.25, 0.3) is 10.0 Å². The second-order valence-electron chi connectivity index (χ2n) is 6.85. The van der Waals surface area contributed by atoms with Crippen LogP contribution in [0.4, 0.5) is 11.4 Å². The summed E-state index contributed by atoms with van der Waals surface area (Å²) in [6, 6.07) is 10.6. The van der Waals surface area contributed by atoms with Gasteiger partial charge in [-0.1, -0.05) is 0 Å². The van der Waals surface area contributed by atoms with Crippen molar-refractivity contribution in [3.05, 3.63) is 47.5 Å². The molecule has 0 saturated carbocycles.